The van der Waals surface area contributed by atoms with Crippen molar-refractivity contribution in [3.8, 4) is 17.2 Å². The van der Waals surface area contributed by atoms with Gasteiger partial charge in [0.1, 0.15) is 17.2 Å². The van der Waals surface area contributed by atoms with Crippen LogP contribution >= 0.6 is 0 Å². The van der Waals surface area contributed by atoms with Gasteiger partial charge in [0.05, 0.1) is 20.6 Å². The third-order valence-electron chi connectivity index (χ3n) is 1.94. The lowest BCUT2D eigenvalue weighted by atomic mass is 10.1. The number of carboxylic acid groups (broad SMARTS) is 1. The van der Waals surface area contributed by atoms with E-state index in [2.05, 4.69) is 0 Å². The van der Waals surface area contributed by atoms with Gasteiger partial charge in [-0.1, -0.05) is 0 Å². The number of hydrogen-bond donors (Lipinski definition) is 2. The molecule has 0 bridgehead atoms. The maximum Gasteiger partial charge on any atom is 0.308 e. The Bertz CT molecular complexity index is 372. The van der Waals surface area contributed by atoms with E-state index in [4.69, 9.17) is 14.6 Å². The average Bonchev–Trinajstić information content (AvgIpc) is 2.20. The predicted molar refractivity (Wildman–Crippen MR) is 52.6 cm³/mol. The SMILES string of the molecule is COc1cc(O)c(CC(=O)O)c(OC)c1. The molecule has 0 atom stereocenters. The summed E-state index contributed by atoms with van der Waals surface area (Å²) < 4.78 is 9.88. The smallest absolute Gasteiger partial charge is 0.308 e. The maximum atomic E-state index is 10.5. The first-order chi connectivity index (χ1) is 7.08. The average molecular weight is 212 g/mol. The summed E-state index contributed by atoms with van der Waals surface area (Å²) in [6.07, 6.45) is -0.293. The van der Waals surface area contributed by atoms with Crippen LogP contribution in [-0.2, 0) is 11.2 Å². The van der Waals surface area contributed by atoms with E-state index in [0.29, 0.717) is 11.5 Å². The van der Waals surface area contributed by atoms with E-state index in [1.165, 1.54) is 26.4 Å². The topological polar surface area (TPSA) is 76.0 Å². The summed E-state index contributed by atoms with van der Waals surface area (Å²) >= 11 is 0. The van der Waals surface area contributed by atoms with Crippen LogP contribution in [0.25, 0.3) is 0 Å². The van der Waals surface area contributed by atoms with Crippen molar-refractivity contribution in [1.82, 2.24) is 0 Å². The number of benzene rings is 1. The molecule has 0 saturated heterocycles. The van der Waals surface area contributed by atoms with Crippen LogP contribution in [0.2, 0.25) is 0 Å². The molecule has 0 unspecified atom stereocenters. The van der Waals surface area contributed by atoms with Gasteiger partial charge in [0.2, 0.25) is 0 Å². The number of phenolic OH excluding ortho intramolecular Hbond substituents is 1. The van der Waals surface area contributed by atoms with E-state index >= 15 is 0 Å². The molecule has 1 aromatic rings. The van der Waals surface area contributed by atoms with E-state index in [0.717, 1.165) is 0 Å². The third kappa shape index (κ3) is 2.52. The fraction of sp³-hybridized carbons (Fsp3) is 0.300. The standard InChI is InChI=1S/C10H12O5/c1-14-6-3-8(11)7(5-10(12)13)9(4-6)15-2/h3-4,11H,5H2,1-2H3,(H,12,13). The zero-order valence-electron chi connectivity index (χ0n) is 8.48. The van der Waals surface area contributed by atoms with E-state index in [9.17, 15) is 9.90 Å². The van der Waals surface area contributed by atoms with Crippen LogP contribution < -0.4 is 9.47 Å². The Morgan fingerprint density at radius 2 is 2.00 bits per heavy atom. The molecule has 0 aliphatic heterocycles. The van der Waals surface area contributed by atoms with Crippen molar-refractivity contribution in [1.29, 1.82) is 0 Å². The number of carboxylic acids is 1. The molecule has 1 aromatic carbocycles. The molecule has 0 heterocycles. The number of ether oxygens (including phenoxy) is 2. The lowest BCUT2D eigenvalue weighted by Gasteiger charge is -2.10. The van der Waals surface area contributed by atoms with Crippen LogP contribution in [0.3, 0.4) is 0 Å². The Hall–Kier alpha value is -1.91. The van der Waals surface area contributed by atoms with Crippen molar-refractivity contribution in [3.05, 3.63) is 17.7 Å². The molecule has 1 rings (SSSR count). The second-order valence-electron chi connectivity index (χ2n) is 2.90. The highest BCUT2D eigenvalue weighted by atomic mass is 16.5. The summed E-state index contributed by atoms with van der Waals surface area (Å²) in [6.45, 7) is 0. The molecule has 5 nitrogen and oxygen atoms in total. The monoisotopic (exact) mass is 212 g/mol. The largest absolute Gasteiger partial charge is 0.507 e. The lowest BCUT2D eigenvalue weighted by molar-refractivity contribution is -0.136. The molecular weight excluding hydrogens is 200 g/mol. The van der Waals surface area contributed by atoms with Gasteiger partial charge < -0.3 is 19.7 Å². The first-order valence-corrected chi connectivity index (χ1v) is 4.24. The maximum absolute atomic E-state index is 10.5. The predicted octanol–water partition coefficient (Wildman–Crippen LogP) is 1.04. The van der Waals surface area contributed by atoms with E-state index in [1.807, 2.05) is 0 Å². The van der Waals surface area contributed by atoms with E-state index in [1.54, 1.807) is 0 Å². The molecule has 0 fully saturated rings. The number of carbonyl (C=O) groups is 1. The van der Waals surface area contributed by atoms with Gasteiger partial charge in [0.15, 0.2) is 0 Å². The summed E-state index contributed by atoms with van der Waals surface area (Å²) in [4.78, 5) is 10.5. The van der Waals surface area contributed by atoms with Crippen molar-refractivity contribution in [3.63, 3.8) is 0 Å². The van der Waals surface area contributed by atoms with Crippen LogP contribution in [0.1, 0.15) is 5.56 Å². The molecule has 0 spiro atoms. The van der Waals surface area contributed by atoms with Crippen LogP contribution in [0.4, 0.5) is 0 Å². The summed E-state index contributed by atoms with van der Waals surface area (Å²) in [5, 5.41) is 18.2. The lowest BCUT2D eigenvalue weighted by Crippen LogP contribution is -2.03. The third-order valence-corrected chi connectivity index (χ3v) is 1.94. The van der Waals surface area contributed by atoms with Gasteiger partial charge in [0, 0.05) is 17.7 Å². The Balaban J connectivity index is 3.18. The van der Waals surface area contributed by atoms with Gasteiger partial charge >= 0.3 is 5.97 Å². The molecule has 0 radical (unpaired) electrons. The molecule has 82 valence electrons. The number of aromatic hydroxyl groups is 1. The van der Waals surface area contributed by atoms with Crippen molar-refractivity contribution in [2.24, 2.45) is 0 Å². The highest BCUT2D eigenvalue weighted by Crippen LogP contribution is 2.33. The highest BCUT2D eigenvalue weighted by Gasteiger charge is 2.14. The van der Waals surface area contributed by atoms with Crippen molar-refractivity contribution in [2.45, 2.75) is 6.42 Å². The first kappa shape index (κ1) is 11.2. The van der Waals surface area contributed by atoms with Gasteiger partial charge in [0.25, 0.3) is 0 Å². The molecule has 5 heteroatoms. The molecule has 2 N–H and O–H groups in total. The molecule has 15 heavy (non-hydrogen) atoms. The fourth-order valence-corrected chi connectivity index (χ4v) is 1.23. The molecule has 0 aliphatic carbocycles. The van der Waals surface area contributed by atoms with Crippen molar-refractivity contribution >= 4 is 5.97 Å². The molecule has 0 saturated carbocycles. The van der Waals surface area contributed by atoms with Crippen LogP contribution in [0.15, 0.2) is 12.1 Å². The van der Waals surface area contributed by atoms with Gasteiger partial charge in [-0.25, -0.2) is 0 Å². The first-order valence-electron chi connectivity index (χ1n) is 4.24. The van der Waals surface area contributed by atoms with Crippen molar-refractivity contribution < 1.29 is 24.5 Å². The minimum Gasteiger partial charge on any atom is -0.507 e. The summed E-state index contributed by atoms with van der Waals surface area (Å²) in [6, 6.07) is 2.87. The Morgan fingerprint density at radius 1 is 1.33 bits per heavy atom. The molecule has 0 amide bonds. The minimum absolute atomic E-state index is 0.145. The summed E-state index contributed by atoms with van der Waals surface area (Å²) in [7, 11) is 2.85. The minimum atomic E-state index is -1.03. The second kappa shape index (κ2) is 4.54. The Kier molecular flexibility index (Phi) is 3.38. The van der Waals surface area contributed by atoms with Crippen LogP contribution in [-0.4, -0.2) is 30.4 Å². The van der Waals surface area contributed by atoms with Gasteiger partial charge in [-0.05, 0) is 0 Å². The number of hydrogen-bond acceptors (Lipinski definition) is 4. The number of phenols is 1. The molecule has 0 aliphatic rings. The van der Waals surface area contributed by atoms with Crippen molar-refractivity contribution in [2.75, 3.05) is 14.2 Å². The number of rotatable bonds is 4. The fourth-order valence-electron chi connectivity index (χ4n) is 1.23. The Labute approximate surface area is 86.9 Å². The van der Waals surface area contributed by atoms with Crippen LogP contribution in [0.5, 0.6) is 17.2 Å². The number of methoxy groups -OCH3 is 2. The van der Waals surface area contributed by atoms with Gasteiger partial charge in [-0.3, -0.25) is 4.79 Å². The Morgan fingerprint density at radius 3 is 2.47 bits per heavy atom. The molecular formula is C10H12O5. The second-order valence-corrected chi connectivity index (χ2v) is 2.90. The summed E-state index contributed by atoms with van der Waals surface area (Å²) in [5.41, 5.74) is 0.241. The van der Waals surface area contributed by atoms with E-state index < -0.39 is 5.97 Å². The van der Waals surface area contributed by atoms with Crippen LogP contribution in [0, 0.1) is 0 Å². The van der Waals surface area contributed by atoms with Gasteiger partial charge in [-0.15, -0.1) is 0 Å². The molecule has 0 aromatic heterocycles. The van der Waals surface area contributed by atoms with Gasteiger partial charge in [-0.2, -0.15) is 0 Å². The number of aliphatic carboxylic acids is 1. The zero-order valence-corrected chi connectivity index (χ0v) is 8.48. The summed E-state index contributed by atoms with van der Waals surface area (Å²) in [5.74, 6) is -0.463. The van der Waals surface area contributed by atoms with E-state index in [-0.39, 0.29) is 17.7 Å². The normalized spacial score (nSPS) is 9.73. The zero-order chi connectivity index (χ0) is 11.4. The highest BCUT2D eigenvalue weighted by molar-refractivity contribution is 5.73. The quantitative estimate of drug-likeness (QED) is 0.779.